The van der Waals surface area contributed by atoms with Crippen LogP contribution in [0.3, 0.4) is 0 Å². The zero-order chi connectivity index (χ0) is 11.4. The fourth-order valence-corrected chi connectivity index (χ4v) is 1.79. The molecule has 0 bridgehead atoms. The number of nitrogens with zero attached hydrogens (tertiary/aromatic N) is 2. The summed E-state index contributed by atoms with van der Waals surface area (Å²) in [7, 11) is 0. The number of rotatable bonds is 5. The SMILES string of the molecule is Cc1cn(CC(N)=O)c(SCC(=O)O)n1. The third-order valence-electron chi connectivity index (χ3n) is 1.51. The largest absolute Gasteiger partial charge is 0.481 e. The number of primary amides is 1. The van der Waals surface area contributed by atoms with Crippen LogP contribution in [0.25, 0.3) is 0 Å². The Balaban J connectivity index is 2.76. The number of imidazole rings is 1. The molecule has 1 amide bonds. The lowest BCUT2D eigenvalue weighted by molar-refractivity contribution is -0.133. The van der Waals surface area contributed by atoms with Gasteiger partial charge in [-0.3, -0.25) is 9.59 Å². The molecule has 6 nitrogen and oxygen atoms in total. The summed E-state index contributed by atoms with van der Waals surface area (Å²) >= 11 is 1.06. The second-order valence-electron chi connectivity index (χ2n) is 2.94. The monoisotopic (exact) mass is 229 g/mol. The number of carboxylic acids is 1. The number of hydrogen-bond acceptors (Lipinski definition) is 4. The van der Waals surface area contributed by atoms with Gasteiger partial charge in [-0.1, -0.05) is 11.8 Å². The van der Waals surface area contributed by atoms with Crippen molar-refractivity contribution in [3.8, 4) is 0 Å². The zero-order valence-corrected chi connectivity index (χ0v) is 8.95. The molecule has 0 fully saturated rings. The smallest absolute Gasteiger partial charge is 0.313 e. The van der Waals surface area contributed by atoms with Gasteiger partial charge in [0, 0.05) is 6.20 Å². The highest BCUT2D eigenvalue weighted by atomic mass is 32.2. The van der Waals surface area contributed by atoms with Crippen molar-refractivity contribution < 1.29 is 14.7 Å². The summed E-state index contributed by atoms with van der Waals surface area (Å²) in [6.45, 7) is 1.78. The Labute approximate surface area is 90.5 Å². The molecule has 0 aliphatic heterocycles. The quantitative estimate of drug-likeness (QED) is 0.684. The molecule has 0 aliphatic rings. The first-order valence-electron chi connectivity index (χ1n) is 4.15. The van der Waals surface area contributed by atoms with Crippen molar-refractivity contribution in [1.82, 2.24) is 9.55 Å². The van der Waals surface area contributed by atoms with E-state index in [1.807, 2.05) is 0 Å². The van der Waals surface area contributed by atoms with Crippen LogP contribution in [-0.2, 0) is 16.1 Å². The summed E-state index contributed by atoms with van der Waals surface area (Å²) < 4.78 is 1.55. The van der Waals surface area contributed by atoms with E-state index in [0.29, 0.717) is 5.16 Å². The number of carbonyl (C=O) groups is 2. The third-order valence-corrected chi connectivity index (χ3v) is 2.49. The maximum atomic E-state index is 10.7. The Bertz CT molecular complexity index is 388. The van der Waals surface area contributed by atoms with Crippen LogP contribution in [0.2, 0.25) is 0 Å². The minimum absolute atomic E-state index is 0.0167. The normalized spacial score (nSPS) is 10.2. The molecule has 1 heterocycles. The molecule has 0 unspecified atom stereocenters. The number of aromatic nitrogens is 2. The molecule has 0 aliphatic carbocycles. The van der Waals surface area contributed by atoms with Crippen LogP contribution in [0.5, 0.6) is 0 Å². The summed E-state index contributed by atoms with van der Waals surface area (Å²) in [5.74, 6) is -1.49. The molecular formula is C8H11N3O3S. The second-order valence-corrected chi connectivity index (χ2v) is 3.88. The maximum absolute atomic E-state index is 10.7. The van der Waals surface area contributed by atoms with Gasteiger partial charge < -0.3 is 15.4 Å². The summed E-state index contributed by atoms with van der Waals surface area (Å²) in [5.41, 5.74) is 5.77. The Morgan fingerprint density at radius 1 is 1.67 bits per heavy atom. The molecule has 1 rings (SSSR count). The molecular weight excluding hydrogens is 218 g/mol. The van der Waals surface area contributed by atoms with E-state index in [-0.39, 0.29) is 12.3 Å². The summed E-state index contributed by atoms with van der Waals surface area (Å²) in [5, 5.41) is 9.00. The van der Waals surface area contributed by atoms with E-state index in [1.165, 1.54) is 0 Å². The third kappa shape index (κ3) is 3.62. The van der Waals surface area contributed by atoms with Gasteiger partial charge in [-0.2, -0.15) is 0 Å². The Kier molecular flexibility index (Phi) is 3.73. The Hall–Kier alpha value is -1.50. The second kappa shape index (κ2) is 4.83. The lowest BCUT2D eigenvalue weighted by Gasteiger charge is -2.02. The molecule has 0 saturated heterocycles. The average Bonchev–Trinajstić information content (AvgIpc) is 2.41. The first-order valence-corrected chi connectivity index (χ1v) is 5.14. The van der Waals surface area contributed by atoms with E-state index in [1.54, 1.807) is 17.7 Å². The number of aliphatic carboxylic acids is 1. The van der Waals surface area contributed by atoms with Crippen molar-refractivity contribution in [1.29, 1.82) is 0 Å². The molecule has 0 saturated carbocycles. The van der Waals surface area contributed by atoms with E-state index in [0.717, 1.165) is 17.5 Å². The fourth-order valence-electron chi connectivity index (χ4n) is 1.05. The molecule has 1 aromatic heterocycles. The van der Waals surface area contributed by atoms with Gasteiger partial charge >= 0.3 is 5.97 Å². The predicted molar refractivity (Wildman–Crippen MR) is 54.5 cm³/mol. The van der Waals surface area contributed by atoms with Crippen molar-refractivity contribution >= 4 is 23.6 Å². The molecule has 7 heteroatoms. The van der Waals surface area contributed by atoms with Crippen LogP contribution in [0, 0.1) is 6.92 Å². The number of thioether (sulfide) groups is 1. The van der Waals surface area contributed by atoms with E-state index in [9.17, 15) is 9.59 Å². The van der Waals surface area contributed by atoms with E-state index >= 15 is 0 Å². The molecule has 82 valence electrons. The van der Waals surface area contributed by atoms with E-state index in [4.69, 9.17) is 10.8 Å². The molecule has 15 heavy (non-hydrogen) atoms. The van der Waals surface area contributed by atoms with Crippen molar-refractivity contribution in [3.05, 3.63) is 11.9 Å². The first-order chi connectivity index (χ1) is 6.99. The van der Waals surface area contributed by atoms with Gasteiger partial charge in [0.05, 0.1) is 11.4 Å². The van der Waals surface area contributed by atoms with Gasteiger partial charge in [-0.05, 0) is 6.92 Å². The van der Waals surface area contributed by atoms with Crippen LogP contribution in [0.1, 0.15) is 5.69 Å². The minimum Gasteiger partial charge on any atom is -0.481 e. The van der Waals surface area contributed by atoms with Gasteiger partial charge in [0.2, 0.25) is 5.91 Å². The summed E-state index contributed by atoms with van der Waals surface area (Å²) in [6, 6.07) is 0. The van der Waals surface area contributed by atoms with Crippen LogP contribution in [0.15, 0.2) is 11.4 Å². The van der Waals surface area contributed by atoms with Crippen LogP contribution in [0.4, 0.5) is 0 Å². The average molecular weight is 229 g/mol. The summed E-state index contributed by atoms with van der Waals surface area (Å²) in [6.07, 6.45) is 1.66. The number of amides is 1. The van der Waals surface area contributed by atoms with Crippen LogP contribution >= 0.6 is 11.8 Å². The maximum Gasteiger partial charge on any atom is 0.313 e. The summed E-state index contributed by atoms with van der Waals surface area (Å²) in [4.78, 5) is 25.2. The lowest BCUT2D eigenvalue weighted by Crippen LogP contribution is -2.18. The van der Waals surface area contributed by atoms with Crippen molar-refractivity contribution in [3.63, 3.8) is 0 Å². The standard InChI is InChI=1S/C8H11N3O3S/c1-5-2-11(3-6(9)12)8(10-5)15-4-7(13)14/h2H,3-4H2,1H3,(H2,9,12)(H,13,14). The molecule has 1 aromatic rings. The predicted octanol–water partition coefficient (Wildman–Crippen LogP) is -0.146. The van der Waals surface area contributed by atoms with Gasteiger partial charge in [0.15, 0.2) is 5.16 Å². The topological polar surface area (TPSA) is 98.2 Å². The van der Waals surface area contributed by atoms with E-state index in [2.05, 4.69) is 4.98 Å². The lowest BCUT2D eigenvalue weighted by atomic mass is 10.5. The number of nitrogens with two attached hydrogens (primary N) is 1. The number of carboxylic acid groups (broad SMARTS) is 1. The van der Waals surface area contributed by atoms with Crippen LogP contribution in [-0.4, -0.2) is 32.3 Å². The molecule has 0 aromatic carbocycles. The number of aryl methyl sites for hydroxylation is 1. The Morgan fingerprint density at radius 3 is 2.87 bits per heavy atom. The van der Waals surface area contributed by atoms with Crippen molar-refractivity contribution in [2.45, 2.75) is 18.6 Å². The van der Waals surface area contributed by atoms with Gasteiger partial charge in [0.25, 0.3) is 0 Å². The Morgan fingerprint density at radius 2 is 2.33 bits per heavy atom. The van der Waals surface area contributed by atoms with Gasteiger partial charge in [0.1, 0.15) is 6.54 Å². The zero-order valence-electron chi connectivity index (χ0n) is 8.14. The van der Waals surface area contributed by atoms with Crippen molar-refractivity contribution in [2.24, 2.45) is 5.73 Å². The first kappa shape index (κ1) is 11.6. The fraction of sp³-hybridized carbons (Fsp3) is 0.375. The highest BCUT2D eigenvalue weighted by Crippen LogP contribution is 2.16. The minimum atomic E-state index is -0.925. The van der Waals surface area contributed by atoms with E-state index < -0.39 is 11.9 Å². The molecule has 0 spiro atoms. The van der Waals surface area contributed by atoms with Gasteiger partial charge in [-0.15, -0.1) is 0 Å². The molecule has 0 radical (unpaired) electrons. The number of hydrogen-bond donors (Lipinski definition) is 2. The van der Waals surface area contributed by atoms with Gasteiger partial charge in [-0.25, -0.2) is 4.98 Å². The van der Waals surface area contributed by atoms with Crippen LogP contribution < -0.4 is 5.73 Å². The molecule has 3 N–H and O–H groups in total. The highest BCUT2D eigenvalue weighted by molar-refractivity contribution is 7.99. The van der Waals surface area contributed by atoms with Crippen molar-refractivity contribution in [2.75, 3.05) is 5.75 Å². The highest BCUT2D eigenvalue weighted by Gasteiger charge is 2.09. The molecule has 0 atom stereocenters. The number of carbonyl (C=O) groups excluding carboxylic acids is 1.